The maximum absolute atomic E-state index is 11.2. The first-order valence-electron chi connectivity index (χ1n) is 6.83. The zero-order chi connectivity index (χ0) is 14.8. The third kappa shape index (κ3) is 4.37. The summed E-state index contributed by atoms with van der Waals surface area (Å²) >= 11 is 0. The summed E-state index contributed by atoms with van der Waals surface area (Å²) in [5.74, 6) is 0.244. The molecule has 1 aromatic heterocycles. The summed E-state index contributed by atoms with van der Waals surface area (Å²) in [7, 11) is 0. The van der Waals surface area contributed by atoms with Crippen LogP contribution in [0, 0.1) is 17.3 Å². The highest BCUT2D eigenvalue weighted by Gasteiger charge is 2.25. The summed E-state index contributed by atoms with van der Waals surface area (Å²) in [6, 6.07) is 0. The van der Waals surface area contributed by atoms with Crippen LogP contribution in [0.3, 0.4) is 0 Å². The van der Waals surface area contributed by atoms with Gasteiger partial charge >= 0.3 is 5.97 Å². The smallest absolute Gasteiger partial charge is 0.373 e. The quantitative estimate of drug-likeness (QED) is 0.881. The van der Waals surface area contributed by atoms with Crippen molar-refractivity contribution in [1.82, 2.24) is 4.98 Å². The van der Waals surface area contributed by atoms with Crippen molar-refractivity contribution in [2.75, 3.05) is 0 Å². The van der Waals surface area contributed by atoms with Gasteiger partial charge in [0.1, 0.15) is 0 Å². The van der Waals surface area contributed by atoms with Gasteiger partial charge in [0.05, 0.1) is 5.69 Å². The number of oxazole rings is 1. The van der Waals surface area contributed by atoms with Crippen molar-refractivity contribution < 1.29 is 14.3 Å². The van der Waals surface area contributed by atoms with Crippen LogP contribution in [0.1, 0.15) is 63.7 Å². The molecular formula is C15H25NO3. The van der Waals surface area contributed by atoms with Gasteiger partial charge in [-0.15, -0.1) is 0 Å². The van der Waals surface area contributed by atoms with Crippen LogP contribution in [0.5, 0.6) is 0 Å². The zero-order valence-electron chi connectivity index (χ0n) is 12.8. The first-order valence-corrected chi connectivity index (χ1v) is 6.83. The van der Waals surface area contributed by atoms with E-state index in [1.807, 2.05) is 13.8 Å². The minimum atomic E-state index is -1.03. The number of aromatic carboxylic acids is 1. The summed E-state index contributed by atoms with van der Waals surface area (Å²) in [5, 5.41) is 9.15. The lowest BCUT2D eigenvalue weighted by molar-refractivity contribution is 0.0657. The lowest BCUT2D eigenvalue weighted by Crippen LogP contribution is -2.19. The molecule has 108 valence electrons. The van der Waals surface area contributed by atoms with Crippen molar-refractivity contribution in [3.63, 3.8) is 0 Å². The van der Waals surface area contributed by atoms with Crippen molar-refractivity contribution in [3.8, 4) is 0 Å². The highest BCUT2D eigenvalue weighted by molar-refractivity contribution is 5.85. The van der Waals surface area contributed by atoms with Crippen LogP contribution >= 0.6 is 0 Å². The molecule has 0 spiro atoms. The Morgan fingerprint density at radius 3 is 2.26 bits per heavy atom. The van der Waals surface area contributed by atoms with Gasteiger partial charge in [0.25, 0.3) is 0 Å². The van der Waals surface area contributed by atoms with Crippen LogP contribution in [0.25, 0.3) is 0 Å². The number of hydrogen-bond donors (Lipinski definition) is 1. The Morgan fingerprint density at radius 2 is 1.84 bits per heavy atom. The summed E-state index contributed by atoms with van der Waals surface area (Å²) in [4.78, 5) is 15.5. The fourth-order valence-corrected chi connectivity index (χ4v) is 1.75. The molecule has 0 amide bonds. The van der Waals surface area contributed by atoms with Crippen LogP contribution in [0.15, 0.2) is 4.42 Å². The molecular weight excluding hydrogens is 242 g/mol. The number of carboxylic acids is 1. The Bertz CT molecular complexity index is 441. The summed E-state index contributed by atoms with van der Waals surface area (Å²) in [5.41, 5.74) is 0.717. The second kappa shape index (κ2) is 5.76. The molecule has 0 saturated carbocycles. The highest BCUT2D eigenvalue weighted by atomic mass is 16.4. The van der Waals surface area contributed by atoms with Gasteiger partial charge in [-0.1, -0.05) is 41.5 Å². The minimum Gasteiger partial charge on any atom is -0.475 e. The number of nitrogens with zero attached hydrogens (tertiary/aromatic N) is 1. The average Bonchev–Trinajstić information content (AvgIpc) is 2.58. The zero-order valence-corrected chi connectivity index (χ0v) is 12.8. The normalized spacial score (nSPS) is 13.8. The van der Waals surface area contributed by atoms with Gasteiger partial charge in [-0.2, -0.15) is 0 Å². The molecule has 0 aliphatic carbocycles. The van der Waals surface area contributed by atoms with Crippen molar-refractivity contribution in [3.05, 3.63) is 17.3 Å². The fourth-order valence-electron chi connectivity index (χ4n) is 1.75. The predicted molar refractivity (Wildman–Crippen MR) is 74.3 cm³/mol. The third-order valence-corrected chi connectivity index (χ3v) is 3.50. The molecule has 0 fully saturated rings. The summed E-state index contributed by atoms with van der Waals surface area (Å²) in [6.45, 7) is 12.7. The standard InChI is InChI=1S/C15H25NO3/c1-9(2)7-11-13(14(17)18)19-12(16-11)8-10(3)15(4,5)6/h9-10H,7-8H2,1-6H3,(H,17,18). The number of hydrogen-bond acceptors (Lipinski definition) is 3. The fraction of sp³-hybridized carbons (Fsp3) is 0.733. The largest absolute Gasteiger partial charge is 0.475 e. The third-order valence-electron chi connectivity index (χ3n) is 3.50. The predicted octanol–water partition coefficient (Wildman–Crippen LogP) is 3.80. The molecule has 0 saturated heterocycles. The Labute approximate surface area is 115 Å². The maximum atomic E-state index is 11.2. The number of rotatable bonds is 5. The monoisotopic (exact) mass is 267 g/mol. The van der Waals surface area contributed by atoms with E-state index in [0.29, 0.717) is 36.3 Å². The van der Waals surface area contributed by atoms with Gasteiger partial charge in [0, 0.05) is 6.42 Å². The van der Waals surface area contributed by atoms with Gasteiger partial charge in [0.2, 0.25) is 5.76 Å². The van der Waals surface area contributed by atoms with E-state index in [1.54, 1.807) is 0 Å². The van der Waals surface area contributed by atoms with Crippen LogP contribution in [0.4, 0.5) is 0 Å². The van der Waals surface area contributed by atoms with E-state index in [9.17, 15) is 4.79 Å². The molecule has 4 heteroatoms. The molecule has 0 bridgehead atoms. The van der Waals surface area contributed by atoms with Gasteiger partial charge in [-0.05, 0) is 23.7 Å². The summed E-state index contributed by atoms with van der Waals surface area (Å²) in [6.07, 6.45) is 1.30. The Balaban J connectivity index is 2.95. The van der Waals surface area contributed by atoms with Crippen LogP contribution in [0.2, 0.25) is 0 Å². The van der Waals surface area contributed by atoms with Gasteiger partial charge < -0.3 is 9.52 Å². The van der Waals surface area contributed by atoms with Crippen molar-refractivity contribution in [2.45, 2.75) is 54.4 Å². The van der Waals surface area contributed by atoms with E-state index in [-0.39, 0.29) is 11.2 Å². The van der Waals surface area contributed by atoms with Gasteiger partial charge in [-0.3, -0.25) is 0 Å². The lowest BCUT2D eigenvalue weighted by Gasteiger charge is -2.25. The maximum Gasteiger partial charge on any atom is 0.373 e. The van der Waals surface area contributed by atoms with Gasteiger partial charge in [-0.25, -0.2) is 9.78 Å². The molecule has 19 heavy (non-hydrogen) atoms. The van der Waals surface area contributed by atoms with Crippen molar-refractivity contribution in [2.24, 2.45) is 17.3 Å². The number of carboxylic acid groups (broad SMARTS) is 1. The topological polar surface area (TPSA) is 63.3 Å². The molecule has 1 N–H and O–H groups in total. The van der Waals surface area contributed by atoms with Crippen molar-refractivity contribution >= 4 is 5.97 Å². The molecule has 1 heterocycles. The van der Waals surface area contributed by atoms with Crippen LogP contribution in [-0.4, -0.2) is 16.1 Å². The molecule has 4 nitrogen and oxygen atoms in total. The second-order valence-corrected chi connectivity index (χ2v) is 6.76. The first-order chi connectivity index (χ1) is 8.61. The number of aromatic nitrogens is 1. The average molecular weight is 267 g/mol. The van der Waals surface area contributed by atoms with Crippen LogP contribution in [-0.2, 0) is 12.8 Å². The molecule has 0 radical (unpaired) electrons. The minimum absolute atomic E-state index is 0.00445. The van der Waals surface area contributed by atoms with E-state index in [0.717, 1.165) is 0 Å². The molecule has 1 aromatic rings. The number of carbonyl (C=O) groups is 1. The second-order valence-electron chi connectivity index (χ2n) is 6.76. The molecule has 1 atom stereocenters. The van der Waals surface area contributed by atoms with E-state index in [4.69, 9.17) is 9.52 Å². The highest BCUT2D eigenvalue weighted by Crippen LogP contribution is 2.29. The van der Waals surface area contributed by atoms with Crippen LogP contribution < -0.4 is 0 Å². The van der Waals surface area contributed by atoms with E-state index < -0.39 is 5.97 Å². The molecule has 1 rings (SSSR count). The van der Waals surface area contributed by atoms with E-state index >= 15 is 0 Å². The Morgan fingerprint density at radius 1 is 1.26 bits per heavy atom. The molecule has 0 aliphatic heterocycles. The van der Waals surface area contributed by atoms with E-state index in [2.05, 4.69) is 32.7 Å². The molecule has 0 aromatic carbocycles. The SMILES string of the molecule is CC(C)Cc1nc(CC(C)C(C)(C)C)oc1C(=O)O. The summed E-state index contributed by atoms with van der Waals surface area (Å²) < 4.78 is 5.43. The van der Waals surface area contributed by atoms with Crippen molar-refractivity contribution in [1.29, 1.82) is 0 Å². The van der Waals surface area contributed by atoms with E-state index in [1.165, 1.54) is 0 Å². The van der Waals surface area contributed by atoms with Gasteiger partial charge in [0.15, 0.2) is 5.89 Å². The lowest BCUT2D eigenvalue weighted by atomic mass is 9.80. The molecule has 1 unspecified atom stereocenters. The Hall–Kier alpha value is -1.32. The Kier molecular flexibility index (Phi) is 4.77. The molecule has 0 aliphatic rings. The first kappa shape index (κ1) is 15.7.